The Morgan fingerprint density at radius 1 is 1.67 bits per heavy atom. The van der Waals surface area contributed by atoms with Crippen LogP contribution < -0.4 is 5.73 Å². The van der Waals surface area contributed by atoms with E-state index in [9.17, 15) is 9.59 Å². The van der Waals surface area contributed by atoms with Crippen molar-refractivity contribution in [3.8, 4) is 0 Å². The third kappa shape index (κ3) is 2.48. The number of ether oxygens (including phenoxy) is 1. The minimum absolute atomic E-state index is 0.166. The first kappa shape index (κ1) is 9.51. The summed E-state index contributed by atoms with van der Waals surface area (Å²) >= 11 is 3.20. The highest BCUT2D eigenvalue weighted by Crippen LogP contribution is 2.23. The van der Waals surface area contributed by atoms with Gasteiger partial charge < -0.3 is 10.5 Å². The van der Waals surface area contributed by atoms with Crippen LogP contribution in [-0.2, 0) is 9.53 Å². The lowest BCUT2D eigenvalue weighted by Gasteiger charge is -2.23. The maximum atomic E-state index is 11.0. The lowest BCUT2D eigenvalue weighted by Crippen LogP contribution is -2.33. The van der Waals surface area contributed by atoms with Crippen LogP contribution in [0.3, 0.4) is 0 Å². The molecular weight excluding hydrogens is 226 g/mol. The largest absolute Gasteiger partial charge is 0.446 e. The Balaban J connectivity index is 2.40. The molecule has 1 aliphatic carbocycles. The molecule has 1 fully saturated rings. The highest BCUT2D eigenvalue weighted by molar-refractivity contribution is 9.10. The lowest BCUT2D eigenvalue weighted by molar-refractivity contribution is -0.121. The zero-order chi connectivity index (χ0) is 9.14. The number of hydrogen-bond donors (Lipinski definition) is 1. The molecule has 0 saturated heterocycles. The van der Waals surface area contributed by atoms with Crippen molar-refractivity contribution >= 4 is 27.8 Å². The maximum absolute atomic E-state index is 11.0. The molecule has 0 bridgehead atoms. The number of nitrogens with two attached hydrogens (primary N) is 1. The fourth-order valence-electron chi connectivity index (χ4n) is 1.21. The Hall–Kier alpha value is -0.580. The molecule has 68 valence electrons. The molecule has 12 heavy (non-hydrogen) atoms. The van der Waals surface area contributed by atoms with Gasteiger partial charge in [0.15, 0.2) is 0 Å². The second-order valence-corrected chi connectivity index (χ2v) is 3.87. The van der Waals surface area contributed by atoms with Gasteiger partial charge in [-0.15, -0.1) is 0 Å². The summed E-state index contributed by atoms with van der Waals surface area (Å²) in [5.41, 5.74) is 4.84. The molecule has 0 aromatic rings. The van der Waals surface area contributed by atoms with Crippen LogP contribution in [0, 0.1) is 0 Å². The average Bonchev–Trinajstić information content (AvgIpc) is 1.96. The summed E-state index contributed by atoms with van der Waals surface area (Å²) in [7, 11) is 0. The van der Waals surface area contributed by atoms with E-state index in [0.29, 0.717) is 19.3 Å². The summed E-state index contributed by atoms with van der Waals surface area (Å²) in [6.45, 7) is 0. The minimum atomic E-state index is -0.769. The maximum Gasteiger partial charge on any atom is 0.404 e. The van der Waals surface area contributed by atoms with Crippen molar-refractivity contribution in [2.24, 2.45) is 5.73 Å². The fraction of sp³-hybridized carbons (Fsp3) is 0.714. The molecule has 0 spiro atoms. The van der Waals surface area contributed by atoms with Crippen LogP contribution in [0.2, 0.25) is 0 Å². The van der Waals surface area contributed by atoms with Gasteiger partial charge in [-0.05, 0) is 6.42 Å². The van der Waals surface area contributed by atoms with E-state index < -0.39 is 6.09 Å². The minimum Gasteiger partial charge on any atom is -0.446 e. The number of primary amides is 1. The van der Waals surface area contributed by atoms with Crippen LogP contribution in [0.4, 0.5) is 4.79 Å². The van der Waals surface area contributed by atoms with Crippen LogP contribution >= 0.6 is 15.9 Å². The summed E-state index contributed by atoms with van der Waals surface area (Å²) in [6, 6.07) is 0. The summed E-state index contributed by atoms with van der Waals surface area (Å²) in [6.07, 6.45) is 0.595. The number of ketones is 1. The van der Waals surface area contributed by atoms with Crippen LogP contribution in [0.1, 0.15) is 19.3 Å². The number of halogens is 1. The van der Waals surface area contributed by atoms with Crippen LogP contribution in [0.5, 0.6) is 0 Å². The Labute approximate surface area is 78.6 Å². The van der Waals surface area contributed by atoms with E-state index >= 15 is 0 Å². The molecular formula is C7H10BrNO3. The Morgan fingerprint density at radius 3 is 2.83 bits per heavy atom. The zero-order valence-corrected chi connectivity index (χ0v) is 8.04. The molecule has 4 nitrogen and oxygen atoms in total. The number of rotatable bonds is 1. The van der Waals surface area contributed by atoms with Gasteiger partial charge in [0.1, 0.15) is 11.9 Å². The van der Waals surface area contributed by atoms with E-state index in [0.717, 1.165) is 0 Å². The summed E-state index contributed by atoms with van der Waals surface area (Å²) in [5.74, 6) is 0.166. The first-order valence-corrected chi connectivity index (χ1v) is 4.64. The molecule has 1 aliphatic rings. The molecule has 2 unspecified atom stereocenters. The number of alkyl halides is 1. The van der Waals surface area contributed by atoms with Crippen molar-refractivity contribution < 1.29 is 14.3 Å². The quantitative estimate of drug-likeness (QED) is 0.689. The number of amides is 1. The summed E-state index contributed by atoms with van der Waals surface area (Å²) in [4.78, 5) is 21.2. The Morgan fingerprint density at radius 2 is 2.33 bits per heavy atom. The smallest absolute Gasteiger partial charge is 0.404 e. The van der Waals surface area contributed by atoms with E-state index in [4.69, 9.17) is 10.5 Å². The highest BCUT2D eigenvalue weighted by atomic mass is 79.9. The molecule has 0 aromatic carbocycles. The van der Waals surface area contributed by atoms with Gasteiger partial charge in [0.25, 0.3) is 0 Å². The lowest BCUT2D eigenvalue weighted by atomic mass is 9.96. The first-order valence-electron chi connectivity index (χ1n) is 3.72. The fourth-order valence-corrected chi connectivity index (χ4v) is 1.86. The van der Waals surface area contributed by atoms with Crippen LogP contribution in [-0.4, -0.2) is 22.8 Å². The van der Waals surface area contributed by atoms with Gasteiger partial charge in [-0.3, -0.25) is 4.79 Å². The summed E-state index contributed by atoms with van der Waals surface area (Å²) < 4.78 is 4.77. The number of carbonyl (C=O) groups is 2. The van der Waals surface area contributed by atoms with E-state index in [1.807, 2.05) is 0 Å². The van der Waals surface area contributed by atoms with Gasteiger partial charge in [-0.2, -0.15) is 0 Å². The molecule has 5 heteroatoms. The summed E-state index contributed by atoms with van der Waals surface area (Å²) in [5, 5.41) is 0. The molecule has 2 atom stereocenters. The van der Waals surface area contributed by atoms with Gasteiger partial charge in [-0.25, -0.2) is 4.79 Å². The van der Waals surface area contributed by atoms with Gasteiger partial charge in [-0.1, -0.05) is 15.9 Å². The van der Waals surface area contributed by atoms with Crippen molar-refractivity contribution in [2.45, 2.75) is 30.2 Å². The predicted molar refractivity (Wildman–Crippen MR) is 46.0 cm³/mol. The molecule has 1 rings (SSSR count). The second kappa shape index (κ2) is 3.89. The highest BCUT2D eigenvalue weighted by Gasteiger charge is 2.28. The Kier molecular flexibility index (Phi) is 3.08. The average molecular weight is 236 g/mol. The molecule has 0 aromatic heterocycles. The van der Waals surface area contributed by atoms with Crippen molar-refractivity contribution in [1.82, 2.24) is 0 Å². The van der Waals surface area contributed by atoms with E-state index in [1.165, 1.54) is 0 Å². The molecule has 0 heterocycles. The topological polar surface area (TPSA) is 69.4 Å². The van der Waals surface area contributed by atoms with Crippen LogP contribution in [0.15, 0.2) is 0 Å². The van der Waals surface area contributed by atoms with E-state index in [-0.39, 0.29) is 16.7 Å². The van der Waals surface area contributed by atoms with E-state index in [1.54, 1.807) is 0 Å². The molecule has 1 saturated carbocycles. The molecule has 1 amide bonds. The number of carbonyl (C=O) groups excluding carboxylic acids is 2. The molecule has 2 N–H and O–H groups in total. The molecule has 0 radical (unpaired) electrons. The Bertz CT molecular complexity index is 207. The standard InChI is InChI=1S/C7H10BrNO3/c8-5-3-4(12-7(9)11)1-2-6(5)10/h4-5H,1-3H2,(H2,9,11). The van der Waals surface area contributed by atoms with E-state index in [2.05, 4.69) is 15.9 Å². The predicted octanol–water partition coefficient (Wildman–Crippen LogP) is 0.967. The van der Waals surface area contributed by atoms with Crippen molar-refractivity contribution in [2.75, 3.05) is 0 Å². The normalized spacial score (nSPS) is 29.9. The van der Waals surface area contributed by atoms with Crippen LogP contribution in [0.25, 0.3) is 0 Å². The SMILES string of the molecule is NC(=O)OC1CCC(=O)C(Br)C1. The van der Waals surface area contributed by atoms with Gasteiger partial charge in [0.05, 0.1) is 4.83 Å². The number of Topliss-reactive ketones (excluding diaryl/α,β-unsaturated/α-hetero) is 1. The van der Waals surface area contributed by atoms with Gasteiger partial charge in [0.2, 0.25) is 0 Å². The third-order valence-electron chi connectivity index (χ3n) is 1.81. The first-order chi connectivity index (χ1) is 5.59. The van der Waals surface area contributed by atoms with Crippen molar-refractivity contribution in [3.05, 3.63) is 0 Å². The van der Waals surface area contributed by atoms with Gasteiger partial charge in [0, 0.05) is 12.8 Å². The second-order valence-electron chi connectivity index (χ2n) is 2.77. The van der Waals surface area contributed by atoms with Crippen molar-refractivity contribution in [1.29, 1.82) is 0 Å². The van der Waals surface area contributed by atoms with Gasteiger partial charge >= 0.3 is 6.09 Å². The third-order valence-corrected chi connectivity index (χ3v) is 2.70. The van der Waals surface area contributed by atoms with Crippen molar-refractivity contribution in [3.63, 3.8) is 0 Å². The zero-order valence-electron chi connectivity index (χ0n) is 6.46. The molecule has 0 aliphatic heterocycles. The number of hydrogen-bond acceptors (Lipinski definition) is 3. The monoisotopic (exact) mass is 235 g/mol.